The van der Waals surface area contributed by atoms with Gasteiger partial charge in [-0.1, -0.05) is 20.8 Å². The maximum atomic E-state index is 12.0. The second kappa shape index (κ2) is 4.84. The van der Waals surface area contributed by atoms with Crippen LogP contribution in [-0.2, 0) is 12.0 Å². The van der Waals surface area contributed by atoms with Gasteiger partial charge in [-0.2, -0.15) is 10.5 Å². The van der Waals surface area contributed by atoms with Gasteiger partial charge in [0.15, 0.2) is 0 Å². The molecule has 0 N–H and O–H groups in total. The average molecular weight is 229 g/mol. The first-order chi connectivity index (χ1) is 7.91. The van der Waals surface area contributed by atoms with Gasteiger partial charge in [0.1, 0.15) is 11.6 Å². The Labute approximate surface area is 101 Å². The van der Waals surface area contributed by atoms with Gasteiger partial charge in [-0.3, -0.25) is 4.79 Å². The highest BCUT2D eigenvalue weighted by atomic mass is 16.1. The van der Waals surface area contributed by atoms with Crippen molar-refractivity contribution in [3.8, 4) is 12.1 Å². The van der Waals surface area contributed by atoms with Gasteiger partial charge in [0, 0.05) is 17.7 Å². The monoisotopic (exact) mass is 229 g/mol. The molecule has 0 saturated heterocycles. The van der Waals surface area contributed by atoms with Crippen LogP contribution in [-0.4, -0.2) is 4.57 Å². The van der Waals surface area contributed by atoms with Crippen LogP contribution >= 0.6 is 0 Å². The van der Waals surface area contributed by atoms with E-state index in [2.05, 4.69) is 0 Å². The lowest BCUT2D eigenvalue weighted by molar-refractivity contribution is 0.503. The molecule has 0 atom stereocenters. The molecule has 0 spiro atoms. The van der Waals surface area contributed by atoms with Gasteiger partial charge in [-0.25, -0.2) is 0 Å². The third kappa shape index (κ3) is 2.73. The van der Waals surface area contributed by atoms with Crippen LogP contribution in [0.2, 0.25) is 0 Å². The quantitative estimate of drug-likeness (QED) is 0.778. The molecule has 88 valence electrons. The van der Waals surface area contributed by atoms with E-state index in [1.165, 1.54) is 4.57 Å². The molecule has 1 heterocycles. The van der Waals surface area contributed by atoms with Crippen molar-refractivity contribution in [3.63, 3.8) is 0 Å². The molecule has 0 bridgehead atoms. The van der Waals surface area contributed by atoms with Crippen LogP contribution in [0.5, 0.6) is 0 Å². The maximum absolute atomic E-state index is 12.0. The van der Waals surface area contributed by atoms with Gasteiger partial charge in [0.05, 0.1) is 12.5 Å². The molecule has 0 saturated carbocycles. The summed E-state index contributed by atoms with van der Waals surface area (Å²) in [6.07, 6.45) is 0.262. The lowest BCUT2D eigenvalue weighted by atomic mass is 9.90. The first kappa shape index (κ1) is 13.0. The smallest absolute Gasteiger partial charge is 0.268 e. The second-order valence-electron chi connectivity index (χ2n) is 4.86. The first-order valence-corrected chi connectivity index (χ1v) is 5.43. The number of aromatic nitrogens is 1. The van der Waals surface area contributed by atoms with Crippen molar-refractivity contribution >= 4 is 0 Å². The number of hydrogen-bond donors (Lipinski definition) is 0. The topological polar surface area (TPSA) is 69.6 Å². The number of nitrogens with zero attached hydrogens (tertiary/aromatic N) is 3. The zero-order valence-electron chi connectivity index (χ0n) is 10.3. The summed E-state index contributed by atoms with van der Waals surface area (Å²) in [7, 11) is 0. The zero-order valence-corrected chi connectivity index (χ0v) is 10.3. The Hall–Kier alpha value is -2.07. The van der Waals surface area contributed by atoms with Crippen LogP contribution in [0.25, 0.3) is 0 Å². The number of rotatable bonds is 2. The fourth-order valence-electron chi connectivity index (χ4n) is 1.70. The minimum absolute atomic E-state index is 0.121. The van der Waals surface area contributed by atoms with Crippen molar-refractivity contribution in [2.45, 2.75) is 39.2 Å². The third-order valence-corrected chi connectivity index (χ3v) is 2.51. The van der Waals surface area contributed by atoms with Crippen LogP contribution in [0.4, 0.5) is 0 Å². The van der Waals surface area contributed by atoms with E-state index in [-0.39, 0.29) is 23.0 Å². The molecule has 0 aliphatic heterocycles. The van der Waals surface area contributed by atoms with Crippen molar-refractivity contribution in [1.29, 1.82) is 10.5 Å². The highest BCUT2D eigenvalue weighted by Gasteiger charge is 2.19. The number of hydrogen-bond acceptors (Lipinski definition) is 3. The predicted octanol–water partition coefficient (Wildman–Crippen LogP) is 1.93. The summed E-state index contributed by atoms with van der Waals surface area (Å²) in [4.78, 5) is 12.0. The van der Waals surface area contributed by atoms with E-state index in [0.29, 0.717) is 6.54 Å². The minimum atomic E-state index is -0.310. The first-order valence-electron chi connectivity index (χ1n) is 5.43. The molecule has 0 amide bonds. The molecule has 1 rings (SSSR count). The average Bonchev–Trinajstić information content (AvgIpc) is 2.25. The Morgan fingerprint density at radius 2 is 1.94 bits per heavy atom. The van der Waals surface area contributed by atoms with Crippen molar-refractivity contribution in [1.82, 2.24) is 4.57 Å². The van der Waals surface area contributed by atoms with Gasteiger partial charge in [-0.15, -0.1) is 0 Å². The SMILES string of the molecule is CC(C)(C)c1ccc(C#N)c(=O)n1CCC#N. The zero-order chi connectivity index (χ0) is 13.1. The highest BCUT2D eigenvalue weighted by molar-refractivity contribution is 5.29. The summed E-state index contributed by atoms with van der Waals surface area (Å²) in [6.45, 7) is 6.32. The Kier molecular flexibility index (Phi) is 3.70. The molecule has 1 aromatic rings. The largest absolute Gasteiger partial charge is 0.310 e. The minimum Gasteiger partial charge on any atom is -0.310 e. The van der Waals surface area contributed by atoms with Gasteiger partial charge in [-0.05, 0) is 12.1 Å². The fourth-order valence-corrected chi connectivity index (χ4v) is 1.70. The van der Waals surface area contributed by atoms with Crippen molar-refractivity contribution in [2.24, 2.45) is 0 Å². The van der Waals surface area contributed by atoms with Crippen molar-refractivity contribution in [3.05, 3.63) is 33.7 Å². The lowest BCUT2D eigenvalue weighted by Crippen LogP contribution is -2.31. The Morgan fingerprint density at radius 3 is 2.41 bits per heavy atom. The molecule has 0 radical (unpaired) electrons. The Morgan fingerprint density at radius 1 is 1.29 bits per heavy atom. The van der Waals surface area contributed by atoms with E-state index in [1.54, 1.807) is 12.1 Å². The maximum Gasteiger partial charge on any atom is 0.268 e. The molecule has 0 aliphatic carbocycles. The van der Waals surface area contributed by atoms with Gasteiger partial charge >= 0.3 is 0 Å². The molecule has 4 nitrogen and oxygen atoms in total. The summed E-state index contributed by atoms with van der Waals surface area (Å²) in [6, 6.07) is 7.23. The van der Waals surface area contributed by atoms with Crippen LogP contribution in [0.15, 0.2) is 16.9 Å². The summed E-state index contributed by atoms with van der Waals surface area (Å²) in [5.41, 5.74) is 0.464. The van der Waals surface area contributed by atoms with Crippen LogP contribution in [0.3, 0.4) is 0 Å². The molecule has 17 heavy (non-hydrogen) atoms. The molecule has 0 unspecified atom stereocenters. The molecular weight excluding hydrogens is 214 g/mol. The molecule has 0 aliphatic rings. The normalized spacial score (nSPS) is 10.6. The van der Waals surface area contributed by atoms with E-state index in [9.17, 15) is 4.79 Å². The fraction of sp³-hybridized carbons (Fsp3) is 0.462. The Balaban J connectivity index is 3.44. The van der Waals surface area contributed by atoms with E-state index in [1.807, 2.05) is 32.9 Å². The molecule has 1 aromatic heterocycles. The van der Waals surface area contributed by atoms with Gasteiger partial charge in [0.25, 0.3) is 5.56 Å². The predicted molar refractivity (Wildman–Crippen MR) is 64.3 cm³/mol. The molecule has 0 aromatic carbocycles. The van der Waals surface area contributed by atoms with E-state index in [4.69, 9.17) is 10.5 Å². The molecular formula is C13H15N3O. The third-order valence-electron chi connectivity index (χ3n) is 2.51. The van der Waals surface area contributed by atoms with E-state index >= 15 is 0 Å². The summed E-state index contributed by atoms with van der Waals surface area (Å²) in [5, 5.41) is 17.4. The summed E-state index contributed by atoms with van der Waals surface area (Å²) in [5.74, 6) is 0. The van der Waals surface area contributed by atoms with Crippen molar-refractivity contribution < 1.29 is 0 Å². The molecule has 4 heteroatoms. The molecule has 0 fully saturated rings. The van der Waals surface area contributed by atoms with E-state index in [0.717, 1.165) is 5.69 Å². The number of pyridine rings is 1. The van der Waals surface area contributed by atoms with Crippen molar-refractivity contribution in [2.75, 3.05) is 0 Å². The van der Waals surface area contributed by atoms with Gasteiger partial charge < -0.3 is 4.57 Å². The second-order valence-corrected chi connectivity index (χ2v) is 4.86. The van der Waals surface area contributed by atoms with Crippen LogP contribution in [0.1, 0.15) is 38.4 Å². The Bertz CT molecular complexity index is 550. The van der Waals surface area contributed by atoms with Crippen LogP contribution in [0, 0.1) is 22.7 Å². The highest BCUT2D eigenvalue weighted by Crippen LogP contribution is 2.21. The standard InChI is InChI=1S/C13H15N3O/c1-13(2,3)11-6-5-10(9-15)12(17)16(11)8-4-7-14/h5-6H,4,8H2,1-3H3. The van der Waals surface area contributed by atoms with E-state index < -0.39 is 0 Å². The van der Waals surface area contributed by atoms with Crippen LogP contribution < -0.4 is 5.56 Å². The van der Waals surface area contributed by atoms with Gasteiger partial charge in [0.2, 0.25) is 0 Å². The summed E-state index contributed by atoms with van der Waals surface area (Å²) >= 11 is 0. The summed E-state index contributed by atoms with van der Waals surface area (Å²) < 4.78 is 1.53. The number of nitriles is 2. The lowest BCUT2D eigenvalue weighted by Gasteiger charge is -2.23.